The highest BCUT2D eigenvalue weighted by Crippen LogP contribution is 2.47. The molecule has 5 nitrogen and oxygen atoms in total. The van der Waals surface area contributed by atoms with Crippen LogP contribution in [0.1, 0.15) is 38.5 Å². The Kier molecular flexibility index (Phi) is 3.61. The minimum Gasteiger partial charge on any atom is -0.397 e. The van der Waals surface area contributed by atoms with Crippen LogP contribution in [0.3, 0.4) is 0 Å². The molecule has 21 heavy (non-hydrogen) atoms. The molecule has 1 spiro atoms. The lowest BCUT2D eigenvalue weighted by Gasteiger charge is -2.40. The van der Waals surface area contributed by atoms with Gasteiger partial charge in [0.05, 0.1) is 16.3 Å². The van der Waals surface area contributed by atoms with Crippen LogP contribution >= 0.6 is 0 Å². The second-order valence-corrected chi connectivity index (χ2v) is 8.02. The number of nitrogens with two attached hydrogens (primary N) is 2. The van der Waals surface area contributed by atoms with Crippen LogP contribution < -0.4 is 15.8 Å². The summed E-state index contributed by atoms with van der Waals surface area (Å²) in [5.41, 5.74) is 8.01. The number of rotatable bonds is 2. The number of primary sulfonamides is 1. The Morgan fingerprint density at radius 2 is 1.67 bits per heavy atom. The summed E-state index contributed by atoms with van der Waals surface area (Å²) in [5, 5.41) is 5.14. The van der Waals surface area contributed by atoms with E-state index in [9.17, 15) is 8.42 Å². The topological polar surface area (TPSA) is 89.4 Å². The van der Waals surface area contributed by atoms with Crippen molar-refractivity contribution in [2.45, 2.75) is 43.4 Å². The first kappa shape index (κ1) is 14.7. The number of sulfonamides is 1. The number of benzene rings is 1. The van der Waals surface area contributed by atoms with Crippen molar-refractivity contribution < 1.29 is 8.42 Å². The Hall–Kier alpha value is -1.27. The molecular weight excluding hydrogens is 286 g/mol. The van der Waals surface area contributed by atoms with Crippen LogP contribution in [0.15, 0.2) is 23.1 Å². The van der Waals surface area contributed by atoms with E-state index in [2.05, 4.69) is 4.90 Å². The zero-order valence-electron chi connectivity index (χ0n) is 12.2. The Bertz CT molecular complexity index is 626. The lowest BCUT2D eigenvalue weighted by atomic mass is 9.77. The van der Waals surface area contributed by atoms with E-state index in [0.29, 0.717) is 11.1 Å². The summed E-state index contributed by atoms with van der Waals surface area (Å²) in [6.45, 7) is 2.00. The van der Waals surface area contributed by atoms with Crippen molar-refractivity contribution >= 4 is 21.4 Å². The van der Waals surface area contributed by atoms with Gasteiger partial charge in [0, 0.05) is 13.1 Å². The Morgan fingerprint density at radius 3 is 2.19 bits per heavy atom. The summed E-state index contributed by atoms with van der Waals surface area (Å²) in [6.07, 6.45) is 7.88. The second-order valence-electron chi connectivity index (χ2n) is 6.46. The third-order valence-electron chi connectivity index (χ3n) is 5.16. The van der Waals surface area contributed by atoms with Gasteiger partial charge in [0.1, 0.15) is 0 Å². The van der Waals surface area contributed by atoms with Crippen molar-refractivity contribution in [2.24, 2.45) is 10.6 Å². The molecule has 2 aliphatic rings. The van der Waals surface area contributed by atoms with Crippen molar-refractivity contribution in [1.82, 2.24) is 0 Å². The first-order valence-corrected chi connectivity index (χ1v) is 9.12. The van der Waals surface area contributed by atoms with Gasteiger partial charge in [0.25, 0.3) is 0 Å². The molecule has 0 atom stereocenters. The number of hydrogen-bond donors (Lipinski definition) is 2. The van der Waals surface area contributed by atoms with Crippen molar-refractivity contribution in [1.29, 1.82) is 0 Å². The zero-order chi connectivity index (χ0) is 15.1. The van der Waals surface area contributed by atoms with Crippen LogP contribution in [0.5, 0.6) is 0 Å². The molecular formula is C15H23N3O2S. The molecule has 0 amide bonds. The average molecular weight is 309 g/mol. The summed E-state index contributed by atoms with van der Waals surface area (Å²) in [7, 11) is -3.69. The summed E-state index contributed by atoms with van der Waals surface area (Å²) >= 11 is 0. The molecule has 1 saturated carbocycles. The van der Waals surface area contributed by atoms with Gasteiger partial charge in [-0.15, -0.1) is 0 Å². The summed E-state index contributed by atoms with van der Waals surface area (Å²) in [6, 6.07) is 4.79. The highest BCUT2D eigenvalue weighted by atomic mass is 32.2. The molecule has 4 N–H and O–H groups in total. The first-order chi connectivity index (χ1) is 9.90. The fraction of sp³-hybridized carbons (Fsp3) is 0.600. The highest BCUT2D eigenvalue weighted by Gasteiger charge is 2.37. The van der Waals surface area contributed by atoms with Gasteiger partial charge in [0.15, 0.2) is 0 Å². The molecule has 0 radical (unpaired) electrons. The molecule has 0 unspecified atom stereocenters. The number of nitrogen functional groups attached to an aromatic ring is 1. The lowest BCUT2D eigenvalue weighted by molar-refractivity contribution is 0.226. The maximum Gasteiger partial charge on any atom is 0.238 e. The summed E-state index contributed by atoms with van der Waals surface area (Å²) < 4.78 is 22.7. The molecule has 1 saturated heterocycles. The first-order valence-electron chi connectivity index (χ1n) is 7.57. The molecule has 1 heterocycles. The number of hydrogen-bond acceptors (Lipinski definition) is 4. The van der Waals surface area contributed by atoms with Crippen molar-refractivity contribution in [3.05, 3.63) is 18.2 Å². The van der Waals surface area contributed by atoms with Gasteiger partial charge in [-0.3, -0.25) is 0 Å². The van der Waals surface area contributed by atoms with Crippen LogP contribution in [0.4, 0.5) is 11.4 Å². The maximum atomic E-state index is 11.4. The maximum absolute atomic E-state index is 11.4. The van der Waals surface area contributed by atoms with Gasteiger partial charge in [0.2, 0.25) is 10.0 Å². The largest absolute Gasteiger partial charge is 0.397 e. The Balaban J connectivity index is 1.76. The van der Waals surface area contributed by atoms with E-state index in [1.165, 1.54) is 44.6 Å². The molecule has 1 aromatic carbocycles. The van der Waals surface area contributed by atoms with E-state index in [-0.39, 0.29) is 4.90 Å². The standard InChI is InChI=1S/C15H23N3O2S/c16-13-11-12(21(17,19)20)3-4-14(13)18-9-7-15(8-10-18)5-1-2-6-15/h3-4,11H,1-2,5-10,16H2,(H2,17,19,20). The minimum atomic E-state index is -3.69. The van der Waals surface area contributed by atoms with E-state index in [4.69, 9.17) is 10.9 Å². The van der Waals surface area contributed by atoms with Crippen LogP contribution in [0, 0.1) is 5.41 Å². The molecule has 3 rings (SSSR count). The lowest BCUT2D eigenvalue weighted by Crippen LogP contribution is -2.39. The molecule has 1 aliphatic heterocycles. The van der Waals surface area contributed by atoms with E-state index < -0.39 is 10.0 Å². The predicted molar refractivity (Wildman–Crippen MR) is 84.6 cm³/mol. The summed E-state index contributed by atoms with van der Waals surface area (Å²) in [4.78, 5) is 2.35. The number of piperidine rings is 1. The van der Waals surface area contributed by atoms with Gasteiger partial charge in [-0.1, -0.05) is 12.8 Å². The fourth-order valence-electron chi connectivity index (χ4n) is 3.84. The van der Waals surface area contributed by atoms with Gasteiger partial charge < -0.3 is 10.6 Å². The van der Waals surface area contributed by atoms with Crippen LogP contribution in [0.25, 0.3) is 0 Å². The minimum absolute atomic E-state index is 0.0769. The Labute approximate surface area is 126 Å². The van der Waals surface area contributed by atoms with E-state index in [0.717, 1.165) is 18.8 Å². The number of nitrogens with zero attached hydrogens (tertiary/aromatic N) is 1. The van der Waals surface area contributed by atoms with E-state index >= 15 is 0 Å². The fourth-order valence-corrected chi connectivity index (χ4v) is 4.39. The van der Waals surface area contributed by atoms with Crippen molar-refractivity contribution in [3.63, 3.8) is 0 Å². The molecule has 116 valence electrons. The van der Waals surface area contributed by atoms with Crippen molar-refractivity contribution in [3.8, 4) is 0 Å². The van der Waals surface area contributed by atoms with Crippen LogP contribution in [0.2, 0.25) is 0 Å². The van der Waals surface area contributed by atoms with Gasteiger partial charge in [-0.2, -0.15) is 0 Å². The third-order valence-corrected chi connectivity index (χ3v) is 6.07. The third kappa shape index (κ3) is 2.87. The molecule has 6 heteroatoms. The van der Waals surface area contributed by atoms with E-state index in [1.54, 1.807) is 12.1 Å². The molecule has 2 fully saturated rings. The smallest absolute Gasteiger partial charge is 0.238 e. The van der Waals surface area contributed by atoms with Gasteiger partial charge in [-0.05, 0) is 49.3 Å². The van der Waals surface area contributed by atoms with Gasteiger partial charge >= 0.3 is 0 Å². The molecule has 0 aromatic heterocycles. The predicted octanol–water partition coefficient (Wildman–Crippen LogP) is 2.08. The molecule has 1 aromatic rings. The SMILES string of the molecule is Nc1cc(S(N)(=O)=O)ccc1N1CCC2(CCCC2)CC1. The number of anilines is 2. The second kappa shape index (κ2) is 5.18. The van der Waals surface area contributed by atoms with Crippen LogP contribution in [-0.2, 0) is 10.0 Å². The zero-order valence-corrected chi connectivity index (χ0v) is 13.0. The molecule has 0 bridgehead atoms. The average Bonchev–Trinajstić information content (AvgIpc) is 2.87. The monoisotopic (exact) mass is 309 g/mol. The quantitative estimate of drug-likeness (QED) is 0.818. The Morgan fingerprint density at radius 1 is 1.05 bits per heavy atom. The molecule has 1 aliphatic carbocycles. The van der Waals surface area contributed by atoms with Crippen LogP contribution in [-0.4, -0.2) is 21.5 Å². The van der Waals surface area contributed by atoms with Crippen molar-refractivity contribution in [2.75, 3.05) is 23.7 Å². The highest BCUT2D eigenvalue weighted by molar-refractivity contribution is 7.89. The normalized spacial score (nSPS) is 21.9. The van der Waals surface area contributed by atoms with E-state index in [1.807, 2.05) is 0 Å². The van der Waals surface area contributed by atoms with Gasteiger partial charge in [-0.25, -0.2) is 13.6 Å². The summed E-state index contributed by atoms with van der Waals surface area (Å²) in [5.74, 6) is 0.